The van der Waals surface area contributed by atoms with Crippen LogP contribution < -0.4 is 10.6 Å². The van der Waals surface area contributed by atoms with Gasteiger partial charge in [0.25, 0.3) is 0 Å². The van der Waals surface area contributed by atoms with Crippen molar-refractivity contribution < 1.29 is 4.79 Å². The third-order valence-corrected chi connectivity index (χ3v) is 4.28. The van der Waals surface area contributed by atoms with Crippen molar-refractivity contribution in [2.75, 3.05) is 26.2 Å². The molecule has 132 valence electrons. The quantitative estimate of drug-likeness (QED) is 0.620. The molecule has 1 amide bonds. The van der Waals surface area contributed by atoms with Gasteiger partial charge in [-0.15, -0.1) is 0 Å². The molecule has 2 N–H and O–H groups in total. The fourth-order valence-corrected chi connectivity index (χ4v) is 3.01. The zero-order valence-electron chi connectivity index (χ0n) is 15.1. The van der Waals surface area contributed by atoms with E-state index in [1.807, 2.05) is 11.8 Å². The molecule has 1 heterocycles. The molecular formula is C19H30N4O. The number of aliphatic imine (C=N–C) groups is 1. The van der Waals surface area contributed by atoms with Gasteiger partial charge in [0.15, 0.2) is 5.96 Å². The monoisotopic (exact) mass is 330 g/mol. The van der Waals surface area contributed by atoms with Gasteiger partial charge < -0.3 is 15.5 Å². The highest BCUT2D eigenvalue weighted by Crippen LogP contribution is 2.10. The molecular weight excluding hydrogens is 300 g/mol. The summed E-state index contributed by atoms with van der Waals surface area (Å²) in [4.78, 5) is 18.4. The summed E-state index contributed by atoms with van der Waals surface area (Å²) in [5.74, 6) is 1.08. The Morgan fingerprint density at radius 2 is 2.21 bits per heavy atom. The number of hydrogen-bond acceptors (Lipinski definition) is 2. The van der Waals surface area contributed by atoms with Crippen molar-refractivity contribution >= 4 is 11.9 Å². The molecule has 24 heavy (non-hydrogen) atoms. The number of amides is 1. The number of guanidine groups is 1. The Balaban J connectivity index is 1.86. The average molecular weight is 330 g/mol. The van der Waals surface area contributed by atoms with E-state index in [0.29, 0.717) is 6.42 Å². The fourth-order valence-electron chi connectivity index (χ4n) is 3.01. The predicted octanol–water partition coefficient (Wildman–Crippen LogP) is 2.10. The summed E-state index contributed by atoms with van der Waals surface area (Å²) >= 11 is 0. The molecule has 1 aromatic carbocycles. The number of nitrogens with zero attached hydrogens (tertiary/aromatic N) is 2. The summed E-state index contributed by atoms with van der Waals surface area (Å²) in [5.41, 5.74) is 2.60. The van der Waals surface area contributed by atoms with Crippen molar-refractivity contribution in [3.05, 3.63) is 35.4 Å². The van der Waals surface area contributed by atoms with Crippen LogP contribution in [0.15, 0.2) is 29.3 Å². The molecule has 1 aromatic rings. The molecule has 1 atom stereocenters. The SMILES string of the molecule is CCNC(=NCCc1cccc(C)c1)NC1CCN(C(=O)CC)C1. The second-order valence-electron chi connectivity index (χ2n) is 6.32. The Morgan fingerprint density at radius 3 is 2.92 bits per heavy atom. The average Bonchev–Trinajstić information content (AvgIpc) is 3.03. The highest BCUT2D eigenvalue weighted by Gasteiger charge is 2.25. The standard InChI is InChI=1S/C19H30N4O/c1-4-18(24)23-12-10-17(14-23)22-19(20-5-2)21-11-9-16-8-6-7-15(3)13-16/h6-8,13,17H,4-5,9-12,14H2,1-3H3,(H2,20,21,22). The number of carbonyl (C=O) groups excluding carboxylic acids is 1. The van der Waals surface area contributed by atoms with Crippen LogP contribution in [0.5, 0.6) is 0 Å². The first-order valence-electron chi connectivity index (χ1n) is 9.00. The van der Waals surface area contributed by atoms with E-state index >= 15 is 0 Å². The van der Waals surface area contributed by atoms with Gasteiger partial charge in [0.1, 0.15) is 0 Å². The Labute approximate surface area is 145 Å². The molecule has 5 nitrogen and oxygen atoms in total. The largest absolute Gasteiger partial charge is 0.357 e. The number of benzene rings is 1. The number of rotatable bonds is 6. The number of aryl methyl sites for hydroxylation is 1. The highest BCUT2D eigenvalue weighted by atomic mass is 16.2. The lowest BCUT2D eigenvalue weighted by Crippen LogP contribution is -2.45. The van der Waals surface area contributed by atoms with Gasteiger partial charge in [-0.25, -0.2) is 0 Å². The van der Waals surface area contributed by atoms with Crippen molar-refractivity contribution in [1.29, 1.82) is 0 Å². The topological polar surface area (TPSA) is 56.7 Å². The van der Waals surface area contributed by atoms with Crippen molar-refractivity contribution in [2.24, 2.45) is 4.99 Å². The minimum absolute atomic E-state index is 0.237. The number of nitrogens with one attached hydrogen (secondary N) is 2. The molecule has 0 aromatic heterocycles. The van der Waals surface area contributed by atoms with Gasteiger partial charge in [-0.3, -0.25) is 9.79 Å². The van der Waals surface area contributed by atoms with E-state index in [1.54, 1.807) is 0 Å². The van der Waals surface area contributed by atoms with Gasteiger partial charge in [0, 0.05) is 38.6 Å². The lowest BCUT2D eigenvalue weighted by Gasteiger charge is -2.18. The maximum Gasteiger partial charge on any atom is 0.222 e. The first kappa shape index (κ1) is 18.3. The maximum atomic E-state index is 11.8. The van der Waals surface area contributed by atoms with Crippen LogP contribution in [0.25, 0.3) is 0 Å². The van der Waals surface area contributed by atoms with Gasteiger partial charge in [-0.1, -0.05) is 36.8 Å². The van der Waals surface area contributed by atoms with Gasteiger partial charge in [0.05, 0.1) is 0 Å². The summed E-state index contributed by atoms with van der Waals surface area (Å²) < 4.78 is 0. The molecule has 5 heteroatoms. The summed E-state index contributed by atoms with van der Waals surface area (Å²) in [6, 6.07) is 8.85. The van der Waals surface area contributed by atoms with Gasteiger partial charge in [-0.05, 0) is 32.3 Å². The fraction of sp³-hybridized carbons (Fsp3) is 0.579. The van der Waals surface area contributed by atoms with E-state index in [0.717, 1.165) is 45.0 Å². The molecule has 0 bridgehead atoms. The Morgan fingerprint density at radius 1 is 1.38 bits per heavy atom. The van der Waals surface area contributed by atoms with E-state index in [4.69, 9.17) is 0 Å². The number of likely N-dealkylation sites (tertiary alicyclic amines) is 1. The molecule has 0 saturated carbocycles. The lowest BCUT2D eigenvalue weighted by molar-refractivity contribution is -0.129. The minimum Gasteiger partial charge on any atom is -0.357 e. The molecule has 1 unspecified atom stereocenters. The highest BCUT2D eigenvalue weighted by molar-refractivity contribution is 5.80. The van der Waals surface area contributed by atoms with Crippen molar-refractivity contribution in [1.82, 2.24) is 15.5 Å². The summed E-state index contributed by atoms with van der Waals surface area (Å²) in [7, 11) is 0. The molecule has 1 aliphatic rings. The number of hydrogen-bond donors (Lipinski definition) is 2. The molecule has 0 aliphatic carbocycles. The van der Waals surface area contributed by atoms with E-state index in [-0.39, 0.29) is 11.9 Å². The van der Waals surface area contributed by atoms with Crippen LogP contribution >= 0.6 is 0 Å². The predicted molar refractivity (Wildman–Crippen MR) is 99.3 cm³/mol. The molecule has 1 saturated heterocycles. The molecule has 0 radical (unpaired) electrons. The van der Waals surface area contributed by atoms with E-state index in [9.17, 15) is 4.79 Å². The maximum absolute atomic E-state index is 11.8. The first-order valence-corrected chi connectivity index (χ1v) is 9.00. The summed E-state index contributed by atoms with van der Waals surface area (Å²) in [6.45, 7) is 9.30. The first-order chi connectivity index (χ1) is 11.6. The van der Waals surface area contributed by atoms with Crippen molar-refractivity contribution in [3.63, 3.8) is 0 Å². The third kappa shape index (κ3) is 5.55. The zero-order chi connectivity index (χ0) is 17.4. The van der Waals surface area contributed by atoms with Gasteiger partial charge in [0.2, 0.25) is 5.91 Å². The third-order valence-electron chi connectivity index (χ3n) is 4.28. The smallest absolute Gasteiger partial charge is 0.222 e. The van der Waals surface area contributed by atoms with Crippen molar-refractivity contribution in [3.8, 4) is 0 Å². The van der Waals surface area contributed by atoms with E-state index in [1.165, 1.54) is 11.1 Å². The van der Waals surface area contributed by atoms with E-state index in [2.05, 4.69) is 53.7 Å². The molecule has 0 spiro atoms. The summed E-state index contributed by atoms with van der Waals surface area (Å²) in [5, 5.41) is 6.77. The van der Waals surface area contributed by atoms with Gasteiger partial charge >= 0.3 is 0 Å². The molecule has 1 fully saturated rings. The van der Waals surface area contributed by atoms with Crippen LogP contribution in [-0.4, -0.2) is 49.0 Å². The second-order valence-corrected chi connectivity index (χ2v) is 6.32. The van der Waals surface area contributed by atoms with Crippen LogP contribution in [0.4, 0.5) is 0 Å². The lowest BCUT2D eigenvalue weighted by atomic mass is 10.1. The Bertz CT molecular complexity index is 570. The molecule has 2 rings (SSSR count). The van der Waals surface area contributed by atoms with Crippen LogP contribution in [0.3, 0.4) is 0 Å². The normalized spacial score (nSPS) is 17.9. The van der Waals surface area contributed by atoms with Crippen LogP contribution in [0.1, 0.15) is 37.8 Å². The minimum atomic E-state index is 0.237. The van der Waals surface area contributed by atoms with Crippen LogP contribution in [-0.2, 0) is 11.2 Å². The van der Waals surface area contributed by atoms with Crippen LogP contribution in [0, 0.1) is 6.92 Å². The summed E-state index contributed by atoms with van der Waals surface area (Å²) in [6.07, 6.45) is 2.49. The second kappa shape index (κ2) is 9.30. The van der Waals surface area contributed by atoms with Gasteiger partial charge in [-0.2, -0.15) is 0 Å². The van der Waals surface area contributed by atoms with E-state index < -0.39 is 0 Å². The van der Waals surface area contributed by atoms with Crippen molar-refractivity contribution in [2.45, 2.75) is 46.1 Å². The zero-order valence-corrected chi connectivity index (χ0v) is 15.1. The van der Waals surface area contributed by atoms with Crippen LogP contribution in [0.2, 0.25) is 0 Å². The molecule has 1 aliphatic heterocycles. The Kier molecular flexibility index (Phi) is 7.09. The number of carbonyl (C=O) groups is 1. The Hall–Kier alpha value is -2.04.